The molecule has 1 heteroatoms. The molecule has 1 N–H and O–H groups in total. The number of hydrogen-bond donors (Lipinski definition) is 1. The van der Waals surface area contributed by atoms with Crippen molar-refractivity contribution >= 4 is 0 Å². The van der Waals surface area contributed by atoms with Gasteiger partial charge in [0.05, 0.1) is 0 Å². The lowest BCUT2D eigenvalue weighted by Gasteiger charge is -2.30. The zero-order chi connectivity index (χ0) is 13.6. The van der Waals surface area contributed by atoms with Crippen LogP contribution in [0, 0.1) is 5.92 Å². The summed E-state index contributed by atoms with van der Waals surface area (Å²) >= 11 is 0. The van der Waals surface area contributed by atoms with Gasteiger partial charge in [-0.25, -0.2) is 0 Å². The van der Waals surface area contributed by atoms with Crippen molar-refractivity contribution in [2.24, 2.45) is 5.92 Å². The van der Waals surface area contributed by atoms with Crippen molar-refractivity contribution in [1.82, 2.24) is 5.32 Å². The smallest absolute Gasteiger partial charge is 0.00967 e. The average Bonchev–Trinajstić information content (AvgIpc) is 2.34. The van der Waals surface area contributed by atoms with E-state index in [9.17, 15) is 0 Å². The molecule has 0 saturated heterocycles. The van der Waals surface area contributed by atoms with Crippen molar-refractivity contribution in [3.8, 4) is 0 Å². The van der Waals surface area contributed by atoms with Crippen molar-refractivity contribution < 1.29 is 0 Å². The highest BCUT2D eigenvalue weighted by atomic mass is 14.9. The van der Waals surface area contributed by atoms with Crippen LogP contribution in [0.1, 0.15) is 58.9 Å². The van der Waals surface area contributed by atoms with E-state index >= 15 is 0 Å². The standard InChI is InChI=1S/C17H29N/c1-6-14(7-2)16(13-18-17(3,4)5)15-11-9-8-10-12-15/h8-12,14,16,18H,6-7,13H2,1-5H3. The first kappa shape index (κ1) is 15.2. The highest BCUT2D eigenvalue weighted by molar-refractivity contribution is 5.21. The van der Waals surface area contributed by atoms with E-state index in [1.165, 1.54) is 18.4 Å². The lowest BCUT2D eigenvalue weighted by atomic mass is 9.82. The lowest BCUT2D eigenvalue weighted by Crippen LogP contribution is -2.40. The first-order valence-electron chi connectivity index (χ1n) is 7.28. The first-order valence-corrected chi connectivity index (χ1v) is 7.28. The normalized spacial score (nSPS) is 13.9. The molecule has 0 saturated carbocycles. The minimum absolute atomic E-state index is 0.194. The summed E-state index contributed by atoms with van der Waals surface area (Å²) in [5.74, 6) is 1.39. The summed E-state index contributed by atoms with van der Waals surface area (Å²) in [7, 11) is 0. The van der Waals surface area contributed by atoms with Crippen molar-refractivity contribution in [2.45, 2.75) is 58.9 Å². The summed E-state index contributed by atoms with van der Waals surface area (Å²) < 4.78 is 0. The van der Waals surface area contributed by atoms with Gasteiger partial charge in [-0.05, 0) is 38.2 Å². The predicted octanol–water partition coefficient (Wildman–Crippen LogP) is 4.59. The van der Waals surface area contributed by atoms with Crippen molar-refractivity contribution in [3.63, 3.8) is 0 Å². The quantitative estimate of drug-likeness (QED) is 0.775. The van der Waals surface area contributed by atoms with Crippen LogP contribution in [0.5, 0.6) is 0 Å². The van der Waals surface area contributed by atoms with E-state index in [1.54, 1.807) is 0 Å². The minimum Gasteiger partial charge on any atom is -0.311 e. The topological polar surface area (TPSA) is 12.0 Å². The Morgan fingerprint density at radius 3 is 2.00 bits per heavy atom. The van der Waals surface area contributed by atoms with Crippen LogP contribution in [0.2, 0.25) is 0 Å². The summed E-state index contributed by atoms with van der Waals surface area (Å²) in [4.78, 5) is 0. The molecule has 1 aromatic rings. The molecule has 0 bridgehead atoms. The Morgan fingerprint density at radius 2 is 1.56 bits per heavy atom. The van der Waals surface area contributed by atoms with E-state index in [0.29, 0.717) is 5.92 Å². The largest absolute Gasteiger partial charge is 0.311 e. The average molecular weight is 247 g/mol. The van der Waals surface area contributed by atoms with Crippen LogP contribution in [-0.4, -0.2) is 12.1 Å². The van der Waals surface area contributed by atoms with Crippen LogP contribution < -0.4 is 5.32 Å². The maximum Gasteiger partial charge on any atom is 0.00967 e. The molecule has 0 spiro atoms. The van der Waals surface area contributed by atoms with Crippen LogP contribution in [0.15, 0.2) is 30.3 Å². The van der Waals surface area contributed by atoms with Crippen LogP contribution in [-0.2, 0) is 0 Å². The van der Waals surface area contributed by atoms with Gasteiger partial charge in [0, 0.05) is 12.1 Å². The van der Waals surface area contributed by atoms with Gasteiger partial charge in [-0.2, -0.15) is 0 Å². The number of hydrogen-bond acceptors (Lipinski definition) is 1. The molecule has 0 amide bonds. The third-order valence-electron chi connectivity index (χ3n) is 3.70. The third kappa shape index (κ3) is 4.81. The molecule has 18 heavy (non-hydrogen) atoms. The Morgan fingerprint density at radius 1 is 1.00 bits per heavy atom. The molecular weight excluding hydrogens is 218 g/mol. The van der Waals surface area contributed by atoms with Crippen molar-refractivity contribution in [1.29, 1.82) is 0 Å². The van der Waals surface area contributed by atoms with Gasteiger partial charge in [0.2, 0.25) is 0 Å². The molecule has 1 nitrogen and oxygen atoms in total. The fourth-order valence-electron chi connectivity index (χ4n) is 2.53. The highest BCUT2D eigenvalue weighted by Crippen LogP contribution is 2.29. The Balaban J connectivity index is 2.82. The third-order valence-corrected chi connectivity index (χ3v) is 3.70. The van der Waals surface area contributed by atoms with Gasteiger partial charge in [0.1, 0.15) is 0 Å². The van der Waals surface area contributed by atoms with E-state index < -0.39 is 0 Å². The summed E-state index contributed by atoms with van der Waals surface area (Å²) in [6, 6.07) is 11.0. The zero-order valence-electron chi connectivity index (χ0n) is 12.7. The molecule has 0 aliphatic heterocycles. The molecule has 0 heterocycles. The Hall–Kier alpha value is -0.820. The molecule has 1 unspecified atom stereocenters. The molecule has 0 aromatic heterocycles. The van der Waals surface area contributed by atoms with Crippen LogP contribution in [0.4, 0.5) is 0 Å². The Kier molecular flexibility index (Phi) is 5.87. The molecule has 1 atom stereocenters. The van der Waals surface area contributed by atoms with Gasteiger partial charge in [-0.15, -0.1) is 0 Å². The molecule has 1 aromatic carbocycles. The number of benzene rings is 1. The summed E-state index contributed by atoms with van der Waals surface area (Å²) in [5.41, 5.74) is 1.67. The van der Waals surface area contributed by atoms with Crippen LogP contribution >= 0.6 is 0 Å². The molecule has 1 rings (SSSR count). The summed E-state index contributed by atoms with van der Waals surface area (Å²) in [6.45, 7) is 12.4. The lowest BCUT2D eigenvalue weighted by molar-refractivity contribution is 0.335. The number of nitrogens with one attached hydrogen (secondary N) is 1. The van der Waals surface area contributed by atoms with E-state index in [1.807, 2.05) is 0 Å². The highest BCUT2D eigenvalue weighted by Gasteiger charge is 2.22. The van der Waals surface area contributed by atoms with Gasteiger partial charge < -0.3 is 5.32 Å². The van der Waals surface area contributed by atoms with Crippen LogP contribution in [0.3, 0.4) is 0 Å². The van der Waals surface area contributed by atoms with Crippen molar-refractivity contribution in [2.75, 3.05) is 6.54 Å². The van der Waals surface area contributed by atoms with Crippen molar-refractivity contribution in [3.05, 3.63) is 35.9 Å². The van der Waals surface area contributed by atoms with Gasteiger partial charge in [0.25, 0.3) is 0 Å². The van der Waals surface area contributed by atoms with Crippen LogP contribution in [0.25, 0.3) is 0 Å². The second-order valence-electron chi connectivity index (χ2n) is 6.22. The van der Waals surface area contributed by atoms with E-state index in [-0.39, 0.29) is 5.54 Å². The first-order chi connectivity index (χ1) is 8.48. The molecule has 0 fully saturated rings. The van der Waals surface area contributed by atoms with E-state index in [2.05, 4.69) is 70.3 Å². The summed E-state index contributed by atoms with van der Waals surface area (Å²) in [5, 5.41) is 3.67. The van der Waals surface area contributed by atoms with Gasteiger partial charge in [-0.1, -0.05) is 57.0 Å². The SMILES string of the molecule is CCC(CC)C(CNC(C)(C)C)c1ccccc1. The second kappa shape index (κ2) is 6.94. The minimum atomic E-state index is 0.194. The molecule has 0 aliphatic carbocycles. The fourth-order valence-corrected chi connectivity index (χ4v) is 2.53. The fraction of sp³-hybridized carbons (Fsp3) is 0.647. The van der Waals surface area contributed by atoms with E-state index in [4.69, 9.17) is 0 Å². The molecule has 102 valence electrons. The molecule has 0 aliphatic rings. The number of rotatable bonds is 6. The Bertz CT molecular complexity index is 319. The molecular formula is C17H29N. The maximum absolute atomic E-state index is 3.67. The molecule has 0 radical (unpaired) electrons. The van der Waals surface area contributed by atoms with E-state index in [0.717, 1.165) is 12.5 Å². The monoisotopic (exact) mass is 247 g/mol. The van der Waals surface area contributed by atoms with Gasteiger partial charge in [0.15, 0.2) is 0 Å². The maximum atomic E-state index is 3.67. The summed E-state index contributed by atoms with van der Waals surface area (Å²) in [6.07, 6.45) is 2.50. The van der Waals surface area contributed by atoms with Gasteiger partial charge >= 0.3 is 0 Å². The zero-order valence-corrected chi connectivity index (χ0v) is 12.7. The Labute approximate surface area is 113 Å². The second-order valence-corrected chi connectivity index (χ2v) is 6.22. The predicted molar refractivity (Wildman–Crippen MR) is 81.0 cm³/mol. The van der Waals surface area contributed by atoms with Gasteiger partial charge in [-0.3, -0.25) is 0 Å².